The summed E-state index contributed by atoms with van der Waals surface area (Å²) in [5.74, 6) is 0. The zero-order valence-corrected chi connectivity index (χ0v) is 8.35. The topological polar surface area (TPSA) is 47.6 Å². The summed E-state index contributed by atoms with van der Waals surface area (Å²) in [7, 11) is 0. The summed E-state index contributed by atoms with van der Waals surface area (Å²) in [4.78, 5) is 0.434. The lowest BCUT2D eigenvalue weighted by Gasteiger charge is -1.98. The lowest BCUT2D eigenvalue weighted by molar-refractivity contribution is 1.31. The molecule has 0 saturated carbocycles. The maximum Gasteiger partial charge on any atom is 0.100 e. The van der Waals surface area contributed by atoms with Gasteiger partial charge in [-0.25, -0.2) is 0 Å². The fourth-order valence-corrected chi connectivity index (χ4v) is 1.46. The van der Waals surface area contributed by atoms with E-state index >= 15 is 0 Å². The Bertz CT molecular complexity index is 365. The first-order valence-corrected chi connectivity index (χ1v) is 4.25. The van der Waals surface area contributed by atoms with Gasteiger partial charge >= 0.3 is 0 Å². The Morgan fingerprint density at radius 1 is 1.17 bits per heavy atom. The van der Waals surface area contributed by atoms with E-state index in [2.05, 4.69) is 28.6 Å². The third kappa shape index (κ3) is 1.61. The Balaban J connectivity index is 3.48. The third-order valence-electron chi connectivity index (χ3n) is 1.32. The van der Waals surface area contributed by atoms with E-state index in [4.69, 9.17) is 10.5 Å². The highest BCUT2D eigenvalue weighted by Gasteiger charge is 2.05. The predicted molar refractivity (Wildman–Crippen MR) is 50.8 cm³/mol. The fourth-order valence-electron chi connectivity index (χ4n) is 0.770. The number of nitrogens with zero attached hydrogens (tertiary/aromatic N) is 2. The molecule has 1 rings (SSSR count). The van der Waals surface area contributed by atoms with Gasteiger partial charge in [-0.3, -0.25) is 0 Å². The first kappa shape index (κ1) is 9.12. The Morgan fingerprint density at radius 3 is 1.92 bits per heavy atom. The van der Waals surface area contributed by atoms with Crippen LogP contribution in [0.2, 0.25) is 0 Å². The molecule has 0 aliphatic carbocycles. The van der Waals surface area contributed by atoms with Gasteiger partial charge in [-0.15, -0.1) is 12.6 Å². The van der Waals surface area contributed by atoms with Crippen LogP contribution in [0.25, 0.3) is 0 Å². The van der Waals surface area contributed by atoms with E-state index in [0.717, 1.165) is 0 Å². The molecule has 0 aliphatic heterocycles. The number of benzene rings is 1. The molecular formula is C8H3BrN2S. The Morgan fingerprint density at radius 2 is 1.58 bits per heavy atom. The summed E-state index contributed by atoms with van der Waals surface area (Å²) in [6, 6.07) is 7.16. The van der Waals surface area contributed by atoms with Crippen molar-refractivity contribution in [1.29, 1.82) is 10.5 Å². The zero-order valence-electron chi connectivity index (χ0n) is 5.87. The molecule has 0 N–H and O–H groups in total. The molecule has 0 spiro atoms. The molecule has 4 heteroatoms. The molecule has 0 heterocycles. The van der Waals surface area contributed by atoms with Gasteiger partial charge in [0.1, 0.15) is 12.1 Å². The molecule has 0 fully saturated rings. The minimum absolute atomic E-state index is 0.407. The van der Waals surface area contributed by atoms with E-state index in [1.54, 1.807) is 12.1 Å². The van der Waals surface area contributed by atoms with Gasteiger partial charge in [0.15, 0.2) is 0 Å². The van der Waals surface area contributed by atoms with Crippen LogP contribution in [-0.4, -0.2) is 0 Å². The second-order valence-electron chi connectivity index (χ2n) is 2.07. The van der Waals surface area contributed by atoms with E-state index in [0.29, 0.717) is 20.5 Å². The largest absolute Gasteiger partial charge is 0.192 e. The molecular weight excluding hydrogens is 236 g/mol. The average molecular weight is 239 g/mol. The van der Waals surface area contributed by atoms with Crippen LogP contribution in [0.3, 0.4) is 0 Å². The van der Waals surface area contributed by atoms with Gasteiger partial charge in [0.05, 0.1) is 11.1 Å². The maximum atomic E-state index is 8.63. The first-order valence-electron chi connectivity index (χ1n) is 3.01. The molecule has 58 valence electrons. The highest BCUT2D eigenvalue weighted by atomic mass is 79.9. The van der Waals surface area contributed by atoms with Crippen molar-refractivity contribution >= 4 is 28.6 Å². The van der Waals surface area contributed by atoms with Crippen molar-refractivity contribution < 1.29 is 0 Å². The SMILES string of the molecule is N#Cc1cc(Br)cc(C#N)c1S. The molecule has 1 aromatic carbocycles. The van der Waals surface area contributed by atoms with E-state index in [1.807, 2.05) is 12.1 Å². The van der Waals surface area contributed by atoms with E-state index in [1.165, 1.54) is 0 Å². The highest BCUT2D eigenvalue weighted by molar-refractivity contribution is 9.10. The lowest BCUT2D eigenvalue weighted by Crippen LogP contribution is -1.84. The molecule has 1 aromatic rings. The van der Waals surface area contributed by atoms with Crippen molar-refractivity contribution in [2.75, 3.05) is 0 Å². The van der Waals surface area contributed by atoms with Crippen molar-refractivity contribution in [2.45, 2.75) is 4.90 Å². The van der Waals surface area contributed by atoms with Crippen LogP contribution in [0.1, 0.15) is 11.1 Å². The smallest absolute Gasteiger partial charge is 0.100 e. The monoisotopic (exact) mass is 238 g/mol. The van der Waals surface area contributed by atoms with Crippen molar-refractivity contribution in [3.63, 3.8) is 0 Å². The van der Waals surface area contributed by atoms with Crippen molar-refractivity contribution in [1.82, 2.24) is 0 Å². The van der Waals surface area contributed by atoms with Crippen LogP contribution in [0, 0.1) is 22.7 Å². The van der Waals surface area contributed by atoms with Crippen LogP contribution >= 0.6 is 28.6 Å². The Hall–Kier alpha value is -0.970. The number of nitriles is 2. The van der Waals surface area contributed by atoms with Gasteiger partial charge in [-0.2, -0.15) is 10.5 Å². The molecule has 0 amide bonds. The minimum Gasteiger partial charge on any atom is -0.192 e. The van der Waals surface area contributed by atoms with Gasteiger partial charge in [-0.05, 0) is 12.1 Å². The van der Waals surface area contributed by atoms with Crippen LogP contribution < -0.4 is 0 Å². The summed E-state index contributed by atoms with van der Waals surface area (Å²) in [6.07, 6.45) is 0. The van der Waals surface area contributed by atoms with Crippen LogP contribution in [0.15, 0.2) is 21.5 Å². The number of rotatable bonds is 0. The van der Waals surface area contributed by atoms with Crippen molar-refractivity contribution in [3.05, 3.63) is 27.7 Å². The zero-order chi connectivity index (χ0) is 9.14. The highest BCUT2D eigenvalue weighted by Crippen LogP contribution is 2.23. The van der Waals surface area contributed by atoms with Crippen LogP contribution in [-0.2, 0) is 0 Å². The number of thiol groups is 1. The van der Waals surface area contributed by atoms with E-state index < -0.39 is 0 Å². The molecule has 0 aliphatic rings. The molecule has 12 heavy (non-hydrogen) atoms. The number of halogens is 1. The second-order valence-corrected chi connectivity index (χ2v) is 3.44. The summed E-state index contributed by atoms with van der Waals surface area (Å²) in [6.45, 7) is 0. The average Bonchev–Trinajstić information content (AvgIpc) is 2.08. The molecule has 0 unspecified atom stereocenters. The number of hydrogen-bond donors (Lipinski definition) is 1. The summed E-state index contributed by atoms with van der Waals surface area (Å²) < 4.78 is 0.716. The van der Waals surface area contributed by atoms with Crippen LogP contribution in [0.5, 0.6) is 0 Å². The van der Waals surface area contributed by atoms with Gasteiger partial charge in [0, 0.05) is 9.37 Å². The minimum atomic E-state index is 0.407. The lowest BCUT2D eigenvalue weighted by atomic mass is 10.1. The summed E-state index contributed by atoms with van der Waals surface area (Å²) in [5, 5.41) is 17.3. The second kappa shape index (κ2) is 3.62. The standard InChI is InChI=1S/C8H3BrN2S/c9-7-1-5(3-10)8(12)6(2-7)4-11/h1-2,12H. The van der Waals surface area contributed by atoms with Crippen molar-refractivity contribution in [3.8, 4) is 12.1 Å². The molecule has 0 radical (unpaired) electrons. The summed E-state index contributed by atoms with van der Waals surface area (Å²) in [5.41, 5.74) is 0.813. The van der Waals surface area contributed by atoms with Gasteiger partial charge in [-0.1, -0.05) is 15.9 Å². The summed E-state index contributed by atoms with van der Waals surface area (Å²) >= 11 is 7.25. The normalized spacial score (nSPS) is 8.67. The van der Waals surface area contributed by atoms with E-state index in [9.17, 15) is 0 Å². The molecule has 0 atom stereocenters. The maximum absolute atomic E-state index is 8.63. The quantitative estimate of drug-likeness (QED) is 0.707. The van der Waals surface area contributed by atoms with Gasteiger partial charge < -0.3 is 0 Å². The molecule has 0 aromatic heterocycles. The Kier molecular flexibility index (Phi) is 2.75. The van der Waals surface area contributed by atoms with Crippen molar-refractivity contribution in [2.24, 2.45) is 0 Å². The third-order valence-corrected chi connectivity index (χ3v) is 2.26. The first-order chi connectivity index (χ1) is 5.69. The van der Waals surface area contributed by atoms with Gasteiger partial charge in [0.2, 0.25) is 0 Å². The molecule has 0 bridgehead atoms. The van der Waals surface area contributed by atoms with E-state index in [-0.39, 0.29) is 0 Å². The fraction of sp³-hybridized carbons (Fsp3) is 0. The van der Waals surface area contributed by atoms with Gasteiger partial charge in [0.25, 0.3) is 0 Å². The molecule has 0 saturated heterocycles. The molecule has 2 nitrogen and oxygen atoms in total. The predicted octanol–water partition coefficient (Wildman–Crippen LogP) is 2.48. The Labute approximate surface area is 84.0 Å². The number of hydrogen-bond acceptors (Lipinski definition) is 3. The van der Waals surface area contributed by atoms with Crippen LogP contribution in [0.4, 0.5) is 0 Å².